The minimum Gasteiger partial charge on any atom is -0.457 e. The molecular formula is C23H27N3O2. The van der Waals surface area contributed by atoms with Gasteiger partial charge < -0.3 is 14.7 Å². The van der Waals surface area contributed by atoms with Crippen LogP contribution in [0.3, 0.4) is 0 Å². The van der Waals surface area contributed by atoms with E-state index < -0.39 is 0 Å². The van der Waals surface area contributed by atoms with Crippen LogP contribution in [0.5, 0.6) is 0 Å². The van der Waals surface area contributed by atoms with Gasteiger partial charge in [-0.3, -0.25) is 0 Å². The zero-order chi connectivity index (χ0) is 19.5. The number of carbonyl (C=O) groups excluding carboxylic acids is 1. The molecule has 0 aliphatic carbocycles. The highest BCUT2D eigenvalue weighted by Crippen LogP contribution is 2.29. The van der Waals surface area contributed by atoms with Gasteiger partial charge >= 0.3 is 5.97 Å². The number of aromatic amines is 1. The molecule has 1 saturated heterocycles. The Bertz CT molecular complexity index is 959. The Morgan fingerprint density at radius 1 is 1.14 bits per heavy atom. The molecule has 3 aromatic rings. The summed E-state index contributed by atoms with van der Waals surface area (Å²) in [6.45, 7) is 7.45. The molecule has 5 heteroatoms. The highest BCUT2D eigenvalue weighted by Gasteiger charge is 2.22. The van der Waals surface area contributed by atoms with Gasteiger partial charge in [0.05, 0.1) is 11.3 Å². The number of H-pyrrole nitrogens is 1. The summed E-state index contributed by atoms with van der Waals surface area (Å²) in [6.07, 6.45) is 2.47. The van der Waals surface area contributed by atoms with E-state index >= 15 is 0 Å². The number of fused-ring (bicyclic) bond motifs is 1. The lowest BCUT2D eigenvalue weighted by molar-refractivity contribution is 0.0474. The molecule has 28 heavy (non-hydrogen) atoms. The predicted molar refractivity (Wildman–Crippen MR) is 112 cm³/mol. The van der Waals surface area contributed by atoms with Crippen molar-refractivity contribution in [3.05, 3.63) is 65.4 Å². The topological polar surface area (TPSA) is 48.6 Å². The first kappa shape index (κ1) is 18.6. The summed E-state index contributed by atoms with van der Waals surface area (Å²) in [6, 6.07) is 16.1. The van der Waals surface area contributed by atoms with E-state index in [0.717, 1.165) is 47.5 Å². The monoisotopic (exact) mass is 377 g/mol. The van der Waals surface area contributed by atoms with Crippen LogP contribution >= 0.6 is 0 Å². The number of benzene rings is 2. The number of hydrogen-bond donors (Lipinski definition) is 1. The minimum atomic E-state index is -0.283. The lowest BCUT2D eigenvalue weighted by Gasteiger charge is -2.32. The van der Waals surface area contributed by atoms with Gasteiger partial charge in [0.1, 0.15) is 6.61 Å². The molecule has 0 saturated carbocycles. The molecule has 0 radical (unpaired) electrons. The lowest BCUT2D eigenvalue weighted by atomic mass is 10.1. The summed E-state index contributed by atoms with van der Waals surface area (Å²) < 4.78 is 5.60. The first-order chi connectivity index (χ1) is 13.7. The van der Waals surface area contributed by atoms with Gasteiger partial charge in [-0.25, -0.2) is 9.80 Å². The summed E-state index contributed by atoms with van der Waals surface area (Å²) in [7, 11) is 0. The summed E-state index contributed by atoms with van der Waals surface area (Å²) in [5.41, 5.74) is 4.54. The molecule has 1 aromatic heterocycles. The lowest BCUT2D eigenvalue weighted by Crippen LogP contribution is -2.40. The van der Waals surface area contributed by atoms with Crippen molar-refractivity contribution in [1.82, 2.24) is 9.99 Å². The Morgan fingerprint density at radius 3 is 2.61 bits per heavy atom. The third-order valence-corrected chi connectivity index (χ3v) is 5.41. The van der Waals surface area contributed by atoms with E-state index in [2.05, 4.69) is 40.1 Å². The zero-order valence-corrected chi connectivity index (χ0v) is 16.6. The highest BCUT2D eigenvalue weighted by molar-refractivity contribution is 6.06. The molecule has 1 fully saturated rings. The van der Waals surface area contributed by atoms with Crippen molar-refractivity contribution in [2.75, 3.05) is 24.6 Å². The van der Waals surface area contributed by atoms with Crippen molar-refractivity contribution >= 4 is 22.6 Å². The van der Waals surface area contributed by atoms with Crippen LogP contribution in [0, 0.1) is 6.92 Å². The molecule has 1 N–H and O–H groups in total. The van der Waals surface area contributed by atoms with E-state index in [0.29, 0.717) is 5.56 Å². The summed E-state index contributed by atoms with van der Waals surface area (Å²) in [4.78, 5) is 16.2. The van der Waals surface area contributed by atoms with Gasteiger partial charge in [0, 0.05) is 36.2 Å². The van der Waals surface area contributed by atoms with E-state index in [1.165, 1.54) is 12.8 Å². The molecule has 0 bridgehead atoms. The van der Waals surface area contributed by atoms with Crippen LogP contribution in [0.2, 0.25) is 0 Å². The van der Waals surface area contributed by atoms with Crippen LogP contribution in [0.25, 0.3) is 10.9 Å². The largest absolute Gasteiger partial charge is 0.457 e. The van der Waals surface area contributed by atoms with Crippen LogP contribution in [-0.2, 0) is 11.3 Å². The van der Waals surface area contributed by atoms with Crippen molar-refractivity contribution in [2.45, 2.75) is 33.3 Å². The molecule has 0 atom stereocenters. The zero-order valence-electron chi connectivity index (χ0n) is 16.6. The molecule has 2 aromatic carbocycles. The summed E-state index contributed by atoms with van der Waals surface area (Å²) in [5.74, 6) is -0.283. The molecule has 1 aliphatic rings. The fourth-order valence-corrected chi connectivity index (χ4v) is 4.02. The van der Waals surface area contributed by atoms with Gasteiger partial charge in [0.2, 0.25) is 0 Å². The molecule has 4 rings (SSSR count). The number of aryl methyl sites for hydroxylation is 1. The van der Waals surface area contributed by atoms with Crippen LogP contribution < -0.4 is 5.01 Å². The predicted octanol–water partition coefficient (Wildman–Crippen LogP) is 4.67. The maximum Gasteiger partial charge on any atom is 0.340 e. The quantitative estimate of drug-likeness (QED) is 0.634. The average molecular weight is 377 g/mol. The number of ether oxygens (including phenoxy) is 1. The fourth-order valence-electron chi connectivity index (χ4n) is 4.02. The third-order valence-electron chi connectivity index (χ3n) is 5.41. The Hall–Kier alpha value is -2.79. The number of rotatable bonds is 6. The van der Waals surface area contributed by atoms with Crippen molar-refractivity contribution in [1.29, 1.82) is 0 Å². The van der Waals surface area contributed by atoms with E-state index in [1.54, 1.807) is 0 Å². The maximum atomic E-state index is 12.9. The van der Waals surface area contributed by atoms with E-state index in [-0.39, 0.29) is 12.6 Å². The van der Waals surface area contributed by atoms with Crippen LogP contribution in [0.15, 0.2) is 48.5 Å². The Kier molecular flexibility index (Phi) is 5.35. The van der Waals surface area contributed by atoms with Gasteiger partial charge in [0.15, 0.2) is 0 Å². The number of anilines is 1. The Balaban J connectivity index is 1.62. The second-order valence-corrected chi connectivity index (χ2v) is 7.29. The first-order valence-electron chi connectivity index (χ1n) is 10.0. The molecule has 146 valence electrons. The number of nitrogens with zero attached hydrogens (tertiary/aromatic N) is 2. The van der Waals surface area contributed by atoms with Crippen LogP contribution in [-0.4, -0.2) is 35.6 Å². The van der Waals surface area contributed by atoms with Crippen LogP contribution in [0.4, 0.5) is 5.69 Å². The van der Waals surface area contributed by atoms with Gasteiger partial charge in [0.25, 0.3) is 0 Å². The third kappa shape index (κ3) is 3.62. The number of nitrogens with one attached hydrogen (secondary N) is 1. The van der Waals surface area contributed by atoms with E-state index in [9.17, 15) is 4.79 Å². The highest BCUT2D eigenvalue weighted by atomic mass is 16.5. The number of hydrogen-bond acceptors (Lipinski definition) is 4. The smallest absolute Gasteiger partial charge is 0.340 e. The molecule has 5 nitrogen and oxygen atoms in total. The molecule has 0 spiro atoms. The Labute approximate surface area is 165 Å². The molecular weight excluding hydrogens is 350 g/mol. The number of aromatic nitrogens is 1. The first-order valence-corrected chi connectivity index (χ1v) is 10.0. The molecule has 0 amide bonds. The molecule has 2 heterocycles. The van der Waals surface area contributed by atoms with Crippen molar-refractivity contribution < 1.29 is 9.53 Å². The molecule has 0 unspecified atom stereocenters. The maximum absolute atomic E-state index is 12.9. The number of hydrazine groups is 1. The fraction of sp³-hybridized carbons (Fsp3) is 0.348. The van der Waals surface area contributed by atoms with Crippen molar-refractivity contribution in [3.8, 4) is 0 Å². The van der Waals surface area contributed by atoms with Crippen LogP contribution in [0.1, 0.15) is 41.4 Å². The van der Waals surface area contributed by atoms with E-state index in [4.69, 9.17) is 4.74 Å². The van der Waals surface area contributed by atoms with Gasteiger partial charge in [-0.15, -0.1) is 0 Å². The molecule has 1 aliphatic heterocycles. The van der Waals surface area contributed by atoms with Crippen molar-refractivity contribution in [2.24, 2.45) is 0 Å². The SMILES string of the molecule is CCN(c1ccc2[nH]c(C)c(C(=O)OCc3ccccc3)c2c1)N1CCCC1. The van der Waals surface area contributed by atoms with Crippen molar-refractivity contribution in [3.63, 3.8) is 0 Å². The van der Waals surface area contributed by atoms with Gasteiger partial charge in [-0.1, -0.05) is 30.3 Å². The Morgan fingerprint density at radius 2 is 1.89 bits per heavy atom. The van der Waals surface area contributed by atoms with Gasteiger partial charge in [-0.2, -0.15) is 0 Å². The minimum absolute atomic E-state index is 0.278. The van der Waals surface area contributed by atoms with E-state index in [1.807, 2.05) is 37.3 Å². The number of esters is 1. The second kappa shape index (κ2) is 8.07. The van der Waals surface area contributed by atoms with Gasteiger partial charge in [-0.05, 0) is 50.5 Å². The second-order valence-electron chi connectivity index (χ2n) is 7.29. The summed E-state index contributed by atoms with van der Waals surface area (Å²) in [5, 5.41) is 5.63. The average Bonchev–Trinajstić information content (AvgIpc) is 3.35. The number of carbonyl (C=O) groups is 1. The standard InChI is InChI=1S/C23H27N3O2/c1-3-26(25-13-7-8-14-25)19-11-12-21-20(15-19)22(17(2)24-21)23(27)28-16-18-9-5-4-6-10-18/h4-6,9-12,15,24H,3,7-8,13-14,16H2,1-2H3. The summed E-state index contributed by atoms with van der Waals surface area (Å²) >= 11 is 0. The normalized spacial score (nSPS) is 14.5.